The van der Waals surface area contributed by atoms with Crippen LogP contribution in [0.5, 0.6) is 0 Å². The molecule has 2 aliphatic rings. The van der Waals surface area contributed by atoms with Crippen molar-refractivity contribution in [2.75, 3.05) is 26.9 Å². The summed E-state index contributed by atoms with van der Waals surface area (Å²) < 4.78 is 11.1. The van der Waals surface area contributed by atoms with E-state index < -0.39 is 11.8 Å². The average Bonchev–Trinajstić information content (AvgIpc) is 3.00. The Kier molecular flexibility index (Phi) is 6.16. The predicted octanol–water partition coefficient (Wildman–Crippen LogP) is 2.60. The smallest absolute Gasteiger partial charge is 0.256 e. The Labute approximate surface area is 158 Å². The molecule has 26 heavy (non-hydrogen) atoms. The molecule has 3 rings (SSSR count). The number of amides is 2. The van der Waals surface area contributed by atoms with Crippen LogP contribution in [0.4, 0.5) is 0 Å². The van der Waals surface area contributed by atoms with Gasteiger partial charge in [0.1, 0.15) is 11.8 Å². The van der Waals surface area contributed by atoms with Gasteiger partial charge in [0.05, 0.1) is 13.2 Å². The second-order valence-corrected chi connectivity index (χ2v) is 7.24. The number of hydrogen-bond acceptors (Lipinski definition) is 4. The molecule has 6 nitrogen and oxygen atoms in total. The summed E-state index contributed by atoms with van der Waals surface area (Å²) in [5, 5.41) is 3.33. The van der Waals surface area contributed by atoms with Gasteiger partial charge in [-0.25, -0.2) is 0 Å². The summed E-state index contributed by atoms with van der Waals surface area (Å²) in [6.07, 6.45) is 4.59. The number of carbonyl (C=O) groups excluding carboxylic acids is 2. The normalized spacial score (nSPS) is 21.8. The standard InChI is InChI=1S/C19H25ClN2O4/c1-25-11-10-21-17(23)16-13-26-19(8-3-2-4-9-19)22(16)18(24)14-6-5-7-15(20)12-14/h5-7,12,16H,2-4,8-11,13H2,1H3,(H,21,23). The van der Waals surface area contributed by atoms with Gasteiger partial charge in [-0.2, -0.15) is 0 Å². The Hall–Kier alpha value is -1.63. The highest BCUT2D eigenvalue weighted by atomic mass is 35.5. The van der Waals surface area contributed by atoms with Crippen LogP contribution in [0, 0.1) is 0 Å². The zero-order valence-electron chi connectivity index (χ0n) is 15.0. The second kappa shape index (κ2) is 8.37. The number of methoxy groups -OCH3 is 1. The molecule has 1 aromatic carbocycles. The van der Waals surface area contributed by atoms with E-state index in [1.54, 1.807) is 36.3 Å². The van der Waals surface area contributed by atoms with Crippen LogP contribution in [0.1, 0.15) is 42.5 Å². The molecular formula is C19H25ClN2O4. The first-order valence-electron chi connectivity index (χ1n) is 9.07. The van der Waals surface area contributed by atoms with Gasteiger partial charge in [-0.3, -0.25) is 14.5 Å². The Bertz CT molecular complexity index is 661. The SMILES string of the molecule is COCCNC(=O)C1COC2(CCCCC2)N1C(=O)c1cccc(Cl)c1. The minimum absolute atomic E-state index is 0.208. The first kappa shape index (κ1) is 19.1. The maximum Gasteiger partial charge on any atom is 0.256 e. The molecular weight excluding hydrogens is 356 g/mol. The minimum atomic E-state index is -0.694. The molecule has 0 radical (unpaired) electrons. The van der Waals surface area contributed by atoms with Crippen molar-refractivity contribution in [3.8, 4) is 0 Å². The number of nitrogens with zero attached hydrogens (tertiary/aromatic N) is 1. The molecule has 0 bridgehead atoms. The molecule has 0 aromatic heterocycles. The van der Waals surface area contributed by atoms with Gasteiger partial charge in [-0.15, -0.1) is 0 Å². The van der Waals surface area contributed by atoms with Gasteiger partial charge >= 0.3 is 0 Å². The van der Waals surface area contributed by atoms with E-state index in [9.17, 15) is 9.59 Å². The summed E-state index contributed by atoms with van der Waals surface area (Å²) in [5.41, 5.74) is -0.219. The molecule has 7 heteroatoms. The van der Waals surface area contributed by atoms with Crippen molar-refractivity contribution in [3.63, 3.8) is 0 Å². The molecule has 142 valence electrons. The molecule has 1 N–H and O–H groups in total. The zero-order valence-corrected chi connectivity index (χ0v) is 15.8. The molecule has 2 fully saturated rings. The van der Waals surface area contributed by atoms with Crippen LogP contribution in [0.3, 0.4) is 0 Å². The molecule has 1 unspecified atom stereocenters. The average molecular weight is 381 g/mol. The van der Waals surface area contributed by atoms with E-state index in [0.29, 0.717) is 23.7 Å². The number of nitrogens with one attached hydrogen (secondary N) is 1. The fraction of sp³-hybridized carbons (Fsp3) is 0.579. The lowest BCUT2D eigenvalue weighted by molar-refractivity contribution is -0.127. The molecule has 2 amide bonds. The second-order valence-electron chi connectivity index (χ2n) is 6.80. The first-order chi connectivity index (χ1) is 12.6. The van der Waals surface area contributed by atoms with Gasteiger partial charge in [-0.1, -0.05) is 24.1 Å². The van der Waals surface area contributed by atoms with Crippen LogP contribution < -0.4 is 5.32 Å². The van der Waals surface area contributed by atoms with E-state index in [1.165, 1.54) is 0 Å². The van der Waals surface area contributed by atoms with Crippen molar-refractivity contribution < 1.29 is 19.1 Å². The largest absolute Gasteiger partial charge is 0.383 e. The third-order valence-electron chi connectivity index (χ3n) is 5.09. The maximum atomic E-state index is 13.3. The monoisotopic (exact) mass is 380 g/mol. The molecule has 1 atom stereocenters. The van der Waals surface area contributed by atoms with Crippen molar-refractivity contribution in [1.82, 2.24) is 10.2 Å². The Morgan fingerprint density at radius 2 is 2.12 bits per heavy atom. The van der Waals surface area contributed by atoms with Gasteiger partial charge in [0.2, 0.25) is 5.91 Å². The summed E-state index contributed by atoms with van der Waals surface area (Å²) in [6.45, 7) is 1.04. The van der Waals surface area contributed by atoms with E-state index in [2.05, 4.69) is 5.32 Å². The lowest BCUT2D eigenvalue weighted by Gasteiger charge is -2.41. The van der Waals surface area contributed by atoms with Crippen LogP contribution in [0.2, 0.25) is 5.02 Å². The Balaban J connectivity index is 1.87. The van der Waals surface area contributed by atoms with E-state index >= 15 is 0 Å². The van der Waals surface area contributed by atoms with Crippen LogP contribution in [-0.2, 0) is 14.3 Å². The number of carbonyl (C=O) groups is 2. The molecule has 1 aliphatic carbocycles. The fourth-order valence-electron chi connectivity index (χ4n) is 3.83. The quantitative estimate of drug-likeness (QED) is 0.797. The summed E-state index contributed by atoms with van der Waals surface area (Å²) in [7, 11) is 1.58. The fourth-order valence-corrected chi connectivity index (χ4v) is 4.02. The molecule has 1 saturated heterocycles. The van der Waals surface area contributed by atoms with Crippen molar-refractivity contribution in [3.05, 3.63) is 34.9 Å². The van der Waals surface area contributed by atoms with E-state index in [1.807, 2.05) is 0 Å². The lowest BCUT2D eigenvalue weighted by atomic mass is 9.89. The van der Waals surface area contributed by atoms with E-state index in [4.69, 9.17) is 21.1 Å². The Morgan fingerprint density at radius 3 is 2.81 bits per heavy atom. The number of benzene rings is 1. The zero-order chi connectivity index (χ0) is 18.6. The van der Waals surface area contributed by atoms with Crippen LogP contribution in [0.15, 0.2) is 24.3 Å². The molecule has 1 heterocycles. The number of halogens is 1. The predicted molar refractivity (Wildman–Crippen MR) is 98.1 cm³/mol. The van der Waals surface area contributed by atoms with Gasteiger partial charge in [-0.05, 0) is 43.9 Å². The number of hydrogen-bond donors (Lipinski definition) is 1. The molecule has 1 saturated carbocycles. The lowest BCUT2D eigenvalue weighted by Crippen LogP contribution is -2.56. The van der Waals surface area contributed by atoms with Gasteiger partial charge < -0.3 is 14.8 Å². The van der Waals surface area contributed by atoms with Crippen molar-refractivity contribution >= 4 is 23.4 Å². The highest BCUT2D eigenvalue weighted by molar-refractivity contribution is 6.31. The molecule has 1 aliphatic heterocycles. The highest BCUT2D eigenvalue weighted by Gasteiger charge is 2.52. The van der Waals surface area contributed by atoms with Crippen LogP contribution in [-0.4, -0.2) is 55.3 Å². The summed E-state index contributed by atoms with van der Waals surface area (Å²) >= 11 is 6.06. The van der Waals surface area contributed by atoms with Crippen LogP contribution >= 0.6 is 11.6 Å². The first-order valence-corrected chi connectivity index (χ1v) is 9.45. The minimum Gasteiger partial charge on any atom is -0.383 e. The highest BCUT2D eigenvalue weighted by Crippen LogP contribution is 2.41. The van der Waals surface area contributed by atoms with Crippen molar-refractivity contribution in [1.29, 1.82) is 0 Å². The summed E-state index contributed by atoms with van der Waals surface area (Å²) in [5.74, 6) is -0.418. The summed E-state index contributed by atoms with van der Waals surface area (Å²) in [6, 6.07) is 6.19. The molecule has 1 aromatic rings. The summed E-state index contributed by atoms with van der Waals surface area (Å²) in [4.78, 5) is 27.6. The molecule has 1 spiro atoms. The Morgan fingerprint density at radius 1 is 1.35 bits per heavy atom. The third kappa shape index (κ3) is 3.87. The van der Waals surface area contributed by atoms with E-state index in [-0.39, 0.29) is 18.4 Å². The van der Waals surface area contributed by atoms with Gasteiger partial charge in [0, 0.05) is 24.2 Å². The van der Waals surface area contributed by atoms with Gasteiger partial charge in [0.25, 0.3) is 5.91 Å². The van der Waals surface area contributed by atoms with Crippen molar-refractivity contribution in [2.24, 2.45) is 0 Å². The number of rotatable bonds is 5. The van der Waals surface area contributed by atoms with Gasteiger partial charge in [0.15, 0.2) is 0 Å². The maximum absolute atomic E-state index is 13.3. The topological polar surface area (TPSA) is 67.9 Å². The van der Waals surface area contributed by atoms with E-state index in [0.717, 1.165) is 32.1 Å². The van der Waals surface area contributed by atoms with Crippen molar-refractivity contribution in [2.45, 2.75) is 43.9 Å². The third-order valence-corrected chi connectivity index (χ3v) is 5.33. The van der Waals surface area contributed by atoms with Crippen LogP contribution in [0.25, 0.3) is 0 Å². The number of ether oxygens (including phenoxy) is 2.